The zero-order valence-electron chi connectivity index (χ0n) is 8.86. The van der Waals surface area contributed by atoms with E-state index >= 15 is 0 Å². The van der Waals surface area contributed by atoms with Crippen LogP contribution in [0.1, 0.15) is 5.56 Å². The van der Waals surface area contributed by atoms with Crippen LogP contribution in [0.2, 0.25) is 0 Å². The Morgan fingerprint density at radius 1 is 1.50 bits per heavy atom. The summed E-state index contributed by atoms with van der Waals surface area (Å²) in [6, 6.07) is 5.71. The Morgan fingerprint density at radius 2 is 2.31 bits per heavy atom. The highest BCUT2D eigenvalue weighted by Gasteiger charge is 2.02. The predicted molar refractivity (Wildman–Crippen MR) is 63.1 cm³/mol. The molecule has 1 aromatic carbocycles. The third-order valence-electron chi connectivity index (χ3n) is 2.35. The second-order valence-corrected chi connectivity index (χ2v) is 3.39. The minimum absolute atomic E-state index is 0.461. The maximum absolute atomic E-state index is 10.7. The third-order valence-corrected chi connectivity index (χ3v) is 2.35. The van der Waals surface area contributed by atoms with Gasteiger partial charge in [-0.1, -0.05) is 0 Å². The standard InChI is InChI=1S/C12H12N2O2/c1-16-9-3-4-11-10(6-9)8(7-14-11)2-5-12(13)15/h2-7,14H,1H3,(H2,13,15)/b5-2-. The van der Waals surface area contributed by atoms with Gasteiger partial charge in [-0.3, -0.25) is 4.79 Å². The minimum atomic E-state index is -0.461. The van der Waals surface area contributed by atoms with Gasteiger partial charge in [0.05, 0.1) is 7.11 Å². The molecule has 0 saturated heterocycles. The molecule has 0 aliphatic rings. The fraction of sp³-hybridized carbons (Fsp3) is 0.0833. The van der Waals surface area contributed by atoms with Crippen LogP contribution in [0.15, 0.2) is 30.5 Å². The SMILES string of the molecule is COc1ccc2[nH]cc(/C=C\C(N)=O)c2c1. The molecule has 16 heavy (non-hydrogen) atoms. The van der Waals surface area contributed by atoms with Crippen molar-refractivity contribution in [3.05, 3.63) is 36.0 Å². The van der Waals surface area contributed by atoms with Crippen LogP contribution in [0.25, 0.3) is 17.0 Å². The zero-order valence-corrected chi connectivity index (χ0v) is 8.86. The number of nitrogens with two attached hydrogens (primary N) is 1. The van der Waals surface area contributed by atoms with Gasteiger partial charge in [0.25, 0.3) is 0 Å². The summed E-state index contributed by atoms with van der Waals surface area (Å²) in [7, 11) is 1.62. The van der Waals surface area contributed by atoms with E-state index in [0.717, 1.165) is 22.2 Å². The molecule has 2 aromatic rings. The fourth-order valence-electron chi connectivity index (χ4n) is 1.56. The van der Waals surface area contributed by atoms with E-state index in [1.165, 1.54) is 6.08 Å². The van der Waals surface area contributed by atoms with Crippen molar-refractivity contribution in [2.45, 2.75) is 0 Å². The number of primary amides is 1. The fourth-order valence-corrected chi connectivity index (χ4v) is 1.56. The molecule has 1 heterocycles. The van der Waals surface area contributed by atoms with Crippen molar-refractivity contribution in [1.29, 1.82) is 0 Å². The Kier molecular flexibility index (Phi) is 2.64. The highest BCUT2D eigenvalue weighted by atomic mass is 16.5. The van der Waals surface area contributed by atoms with E-state index in [2.05, 4.69) is 4.98 Å². The Bertz CT molecular complexity index is 555. The van der Waals surface area contributed by atoms with E-state index in [-0.39, 0.29) is 0 Å². The highest BCUT2D eigenvalue weighted by molar-refractivity contribution is 5.95. The van der Waals surface area contributed by atoms with Crippen LogP contribution in [0.5, 0.6) is 5.75 Å². The molecular formula is C12H12N2O2. The molecule has 0 aliphatic heterocycles. The van der Waals surface area contributed by atoms with Crippen LogP contribution in [0, 0.1) is 0 Å². The van der Waals surface area contributed by atoms with Crippen LogP contribution in [-0.4, -0.2) is 18.0 Å². The van der Waals surface area contributed by atoms with Crippen molar-refractivity contribution in [2.75, 3.05) is 7.11 Å². The minimum Gasteiger partial charge on any atom is -0.497 e. The average Bonchev–Trinajstić information content (AvgIpc) is 2.68. The highest BCUT2D eigenvalue weighted by Crippen LogP contribution is 2.24. The van der Waals surface area contributed by atoms with Crippen molar-refractivity contribution >= 4 is 22.9 Å². The molecule has 4 nitrogen and oxygen atoms in total. The number of ether oxygens (including phenoxy) is 1. The van der Waals surface area contributed by atoms with Gasteiger partial charge in [-0.2, -0.15) is 0 Å². The normalized spacial score (nSPS) is 11.1. The predicted octanol–water partition coefficient (Wildman–Crippen LogP) is 1.67. The molecule has 4 heteroatoms. The van der Waals surface area contributed by atoms with Crippen LogP contribution in [0.3, 0.4) is 0 Å². The summed E-state index contributed by atoms with van der Waals surface area (Å²) in [6.45, 7) is 0. The van der Waals surface area contributed by atoms with Crippen LogP contribution in [0.4, 0.5) is 0 Å². The monoisotopic (exact) mass is 216 g/mol. The molecule has 0 saturated carbocycles. The Labute approximate surface area is 92.7 Å². The van der Waals surface area contributed by atoms with E-state index in [1.54, 1.807) is 13.2 Å². The summed E-state index contributed by atoms with van der Waals surface area (Å²) < 4.78 is 5.14. The van der Waals surface area contributed by atoms with Crippen LogP contribution < -0.4 is 10.5 Å². The molecule has 0 bridgehead atoms. The lowest BCUT2D eigenvalue weighted by Gasteiger charge is -1.99. The molecule has 82 valence electrons. The van der Waals surface area contributed by atoms with Gasteiger partial charge >= 0.3 is 0 Å². The van der Waals surface area contributed by atoms with Gasteiger partial charge in [0.15, 0.2) is 0 Å². The molecule has 0 unspecified atom stereocenters. The smallest absolute Gasteiger partial charge is 0.241 e. The summed E-state index contributed by atoms with van der Waals surface area (Å²) in [5.74, 6) is 0.318. The summed E-state index contributed by atoms with van der Waals surface area (Å²) in [5.41, 5.74) is 6.95. The maximum atomic E-state index is 10.7. The second kappa shape index (κ2) is 4.10. The molecule has 3 N–H and O–H groups in total. The molecule has 0 spiro atoms. The Morgan fingerprint density at radius 3 is 3.00 bits per heavy atom. The third kappa shape index (κ3) is 1.91. The largest absolute Gasteiger partial charge is 0.497 e. The number of carbonyl (C=O) groups is 1. The van der Waals surface area contributed by atoms with Gasteiger partial charge < -0.3 is 15.5 Å². The summed E-state index contributed by atoms with van der Waals surface area (Å²) in [5, 5.41) is 0.997. The summed E-state index contributed by atoms with van der Waals surface area (Å²) >= 11 is 0. The van der Waals surface area contributed by atoms with Gasteiger partial charge in [-0.25, -0.2) is 0 Å². The average molecular weight is 216 g/mol. The molecule has 0 radical (unpaired) electrons. The number of rotatable bonds is 3. The molecule has 0 atom stereocenters. The number of hydrogen-bond acceptors (Lipinski definition) is 2. The second-order valence-electron chi connectivity index (χ2n) is 3.39. The first-order valence-electron chi connectivity index (χ1n) is 4.83. The van der Waals surface area contributed by atoms with Crippen molar-refractivity contribution in [3.63, 3.8) is 0 Å². The lowest BCUT2D eigenvalue weighted by molar-refractivity contribution is -0.113. The van der Waals surface area contributed by atoms with Crippen molar-refractivity contribution < 1.29 is 9.53 Å². The number of H-pyrrole nitrogens is 1. The van der Waals surface area contributed by atoms with Crippen molar-refractivity contribution in [2.24, 2.45) is 5.73 Å². The molecule has 2 rings (SSSR count). The van der Waals surface area contributed by atoms with Crippen molar-refractivity contribution in [1.82, 2.24) is 4.98 Å². The number of fused-ring (bicyclic) bond motifs is 1. The lowest BCUT2D eigenvalue weighted by Crippen LogP contribution is -2.04. The topological polar surface area (TPSA) is 68.1 Å². The lowest BCUT2D eigenvalue weighted by atomic mass is 10.1. The number of aromatic nitrogens is 1. The first kappa shape index (κ1) is 10.3. The summed E-state index contributed by atoms with van der Waals surface area (Å²) in [6.07, 6.45) is 4.84. The summed E-state index contributed by atoms with van der Waals surface area (Å²) in [4.78, 5) is 13.8. The van der Waals surface area contributed by atoms with Crippen LogP contribution >= 0.6 is 0 Å². The van der Waals surface area contributed by atoms with Crippen molar-refractivity contribution in [3.8, 4) is 5.75 Å². The Balaban J connectivity index is 2.49. The maximum Gasteiger partial charge on any atom is 0.241 e. The first-order valence-corrected chi connectivity index (χ1v) is 4.83. The first-order chi connectivity index (χ1) is 7.70. The van der Waals surface area contributed by atoms with Crippen LogP contribution in [-0.2, 0) is 4.79 Å². The van der Waals surface area contributed by atoms with Gasteiger partial charge in [0.2, 0.25) is 5.91 Å². The number of hydrogen-bond donors (Lipinski definition) is 2. The number of benzene rings is 1. The number of carbonyl (C=O) groups excluding carboxylic acids is 1. The van der Waals surface area contributed by atoms with E-state index in [0.29, 0.717) is 0 Å². The number of nitrogens with one attached hydrogen (secondary N) is 1. The van der Waals surface area contributed by atoms with Gasteiger partial charge in [-0.15, -0.1) is 0 Å². The van der Waals surface area contributed by atoms with Gasteiger partial charge in [-0.05, 0) is 24.3 Å². The molecule has 0 aliphatic carbocycles. The molecule has 1 aromatic heterocycles. The molecule has 0 fully saturated rings. The van der Waals surface area contributed by atoms with E-state index in [4.69, 9.17) is 10.5 Å². The number of aromatic amines is 1. The Hall–Kier alpha value is -2.23. The number of methoxy groups -OCH3 is 1. The van der Waals surface area contributed by atoms with Gasteiger partial charge in [0.1, 0.15) is 5.75 Å². The van der Waals surface area contributed by atoms with E-state index in [1.807, 2.05) is 24.4 Å². The zero-order chi connectivity index (χ0) is 11.5. The molecular weight excluding hydrogens is 204 g/mol. The quantitative estimate of drug-likeness (QED) is 0.766. The van der Waals surface area contributed by atoms with Gasteiger partial charge in [0, 0.05) is 28.7 Å². The van der Waals surface area contributed by atoms with E-state index in [9.17, 15) is 4.79 Å². The number of amides is 1. The van der Waals surface area contributed by atoms with E-state index < -0.39 is 5.91 Å². The molecule has 1 amide bonds.